The number of hydrogen-bond acceptors (Lipinski definition) is 4. The van der Waals surface area contributed by atoms with E-state index in [1.165, 1.54) is 7.11 Å². The van der Waals surface area contributed by atoms with Gasteiger partial charge in [0.1, 0.15) is 0 Å². The number of benzene rings is 1. The van der Waals surface area contributed by atoms with E-state index in [-0.39, 0.29) is 5.90 Å². The van der Waals surface area contributed by atoms with E-state index in [1.807, 2.05) is 6.07 Å². The number of nitrogen functional groups attached to an aromatic ring is 1. The van der Waals surface area contributed by atoms with Crippen molar-refractivity contribution < 1.29 is 4.74 Å². The van der Waals surface area contributed by atoms with Gasteiger partial charge in [0.25, 0.3) is 0 Å². The van der Waals surface area contributed by atoms with Gasteiger partial charge in [-0.2, -0.15) is 0 Å². The number of ether oxygens (including phenoxy) is 1. The fourth-order valence-electron chi connectivity index (χ4n) is 1.08. The molecular weight excluding hydrogens is 166 g/mol. The molecule has 4 N–H and O–H groups in total. The van der Waals surface area contributed by atoms with Crippen molar-refractivity contribution in [3.05, 3.63) is 23.8 Å². The molecule has 13 heavy (non-hydrogen) atoms. The van der Waals surface area contributed by atoms with Gasteiger partial charge in [0.15, 0.2) is 0 Å². The Labute approximate surface area is 77.2 Å². The quantitative estimate of drug-likeness (QED) is 0.364. The molecule has 0 aromatic heterocycles. The van der Waals surface area contributed by atoms with Crippen molar-refractivity contribution in [2.75, 3.05) is 25.2 Å². The SMILES string of the molecule is CNc1ccc(N)cc1C(=N)OC. The molecular formula is C9H13N3O. The fourth-order valence-corrected chi connectivity index (χ4v) is 1.08. The van der Waals surface area contributed by atoms with Gasteiger partial charge in [0.2, 0.25) is 5.90 Å². The maximum Gasteiger partial charge on any atom is 0.215 e. The molecule has 0 radical (unpaired) electrons. The van der Waals surface area contributed by atoms with Crippen LogP contribution in [0.1, 0.15) is 5.56 Å². The van der Waals surface area contributed by atoms with Crippen LogP contribution in [0.15, 0.2) is 18.2 Å². The molecule has 0 fully saturated rings. The van der Waals surface area contributed by atoms with E-state index in [0.29, 0.717) is 11.3 Å². The van der Waals surface area contributed by atoms with Crippen LogP contribution >= 0.6 is 0 Å². The zero-order valence-electron chi connectivity index (χ0n) is 7.72. The summed E-state index contributed by atoms with van der Waals surface area (Å²) < 4.78 is 4.82. The van der Waals surface area contributed by atoms with Crippen molar-refractivity contribution >= 4 is 17.3 Å². The Morgan fingerprint density at radius 2 is 2.23 bits per heavy atom. The average Bonchev–Trinajstić information content (AvgIpc) is 2.16. The van der Waals surface area contributed by atoms with Crippen LogP contribution in [0.4, 0.5) is 11.4 Å². The predicted octanol–water partition coefficient (Wildman–Crippen LogP) is 1.28. The van der Waals surface area contributed by atoms with Crippen LogP contribution in [0, 0.1) is 5.41 Å². The molecule has 0 atom stereocenters. The van der Waals surface area contributed by atoms with Gasteiger partial charge in [-0.25, -0.2) is 0 Å². The second-order valence-electron chi connectivity index (χ2n) is 2.59. The van der Waals surface area contributed by atoms with Gasteiger partial charge in [-0.05, 0) is 18.2 Å². The van der Waals surface area contributed by atoms with Crippen molar-refractivity contribution in [1.82, 2.24) is 0 Å². The first-order chi connectivity index (χ1) is 6.19. The molecule has 0 aliphatic carbocycles. The number of hydrogen-bond donors (Lipinski definition) is 3. The molecule has 0 bridgehead atoms. The van der Waals surface area contributed by atoms with Crippen LogP contribution in [0.5, 0.6) is 0 Å². The highest BCUT2D eigenvalue weighted by Crippen LogP contribution is 2.18. The normalized spacial score (nSPS) is 9.38. The second kappa shape index (κ2) is 3.80. The van der Waals surface area contributed by atoms with E-state index in [0.717, 1.165) is 5.69 Å². The number of nitrogens with two attached hydrogens (primary N) is 1. The highest BCUT2D eigenvalue weighted by atomic mass is 16.5. The van der Waals surface area contributed by atoms with E-state index < -0.39 is 0 Å². The van der Waals surface area contributed by atoms with Gasteiger partial charge in [0, 0.05) is 18.4 Å². The highest BCUT2D eigenvalue weighted by Gasteiger charge is 2.06. The van der Waals surface area contributed by atoms with Crippen LogP contribution in [-0.4, -0.2) is 20.1 Å². The smallest absolute Gasteiger partial charge is 0.215 e. The Kier molecular flexibility index (Phi) is 2.74. The van der Waals surface area contributed by atoms with Crippen molar-refractivity contribution in [3.63, 3.8) is 0 Å². The summed E-state index contributed by atoms with van der Waals surface area (Å²) >= 11 is 0. The minimum atomic E-state index is 0.108. The summed E-state index contributed by atoms with van der Waals surface area (Å²) in [5, 5.41) is 10.5. The lowest BCUT2D eigenvalue weighted by Gasteiger charge is -2.09. The molecule has 0 spiro atoms. The first-order valence-electron chi connectivity index (χ1n) is 3.89. The lowest BCUT2D eigenvalue weighted by atomic mass is 10.1. The number of methoxy groups -OCH3 is 1. The van der Waals surface area contributed by atoms with Gasteiger partial charge in [-0.1, -0.05) is 0 Å². The standard InChI is InChI=1S/C9H13N3O/c1-12-8-4-3-6(10)5-7(8)9(11)13-2/h3-5,11-12H,10H2,1-2H3. The summed E-state index contributed by atoms with van der Waals surface area (Å²) in [4.78, 5) is 0. The third kappa shape index (κ3) is 1.90. The predicted molar refractivity (Wildman–Crippen MR) is 54.2 cm³/mol. The third-order valence-electron chi connectivity index (χ3n) is 1.76. The second-order valence-corrected chi connectivity index (χ2v) is 2.59. The van der Waals surface area contributed by atoms with Gasteiger partial charge in [-0.3, -0.25) is 5.41 Å². The molecule has 0 aliphatic rings. The van der Waals surface area contributed by atoms with Crippen molar-refractivity contribution in [2.24, 2.45) is 0 Å². The molecule has 0 amide bonds. The van der Waals surface area contributed by atoms with Gasteiger partial charge in [-0.15, -0.1) is 0 Å². The van der Waals surface area contributed by atoms with E-state index >= 15 is 0 Å². The zero-order chi connectivity index (χ0) is 9.84. The molecule has 0 saturated carbocycles. The molecule has 1 rings (SSSR count). The van der Waals surface area contributed by atoms with E-state index in [2.05, 4.69) is 5.32 Å². The number of nitrogens with one attached hydrogen (secondary N) is 2. The van der Waals surface area contributed by atoms with Gasteiger partial charge >= 0.3 is 0 Å². The maximum absolute atomic E-state index is 7.50. The Morgan fingerprint density at radius 1 is 1.54 bits per heavy atom. The summed E-state index contributed by atoms with van der Waals surface area (Å²) in [7, 11) is 3.25. The molecule has 70 valence electrons. The molecule has 4 heteroatoms. The first-order valence-corrected chi connectivity index (χ1v) is 3.89. The Bertz CT molecular complexity index is 323. The lowest BCUT2D eigenvalue weighted by molar-refractivity contribution is 0.401. The van der Waals surface area contributed by atoms with Crippen molar-refractivity contribution in [2.45, 2.75) is 0 Å². The van der Waals surface area contributed by atoms with Crippen LogP contribution in [0.25, 0.3) is 0 Å². The Morgan fingerprint density at radius 3 is 2.77 bits per heavy atom. The molecule has 1 aromatic rings. The van der Waals surface area contributed by atoms with Crippen LogP contribution < -0.4 is 11.1 Å². The largest absolute Gasteiger partial charge is 0.481 e. The minimum absolute atomic E-state index is 0.108. The van der Waals surface area contributed by atoms with E-state index in [9.17, 15) is 0 Å². The van der Waals surface area contributed by atoms with Crippen LogP contribution in [0.3, 0.4) is 0 Å². The summed E-state index contributed by atoms with van der Waals surface area (Å²) in [5.74, 6) is 0.108. The number of rotatable bonds is 2. The Hall–Kier alpha value is -1.71. The zero-order valence-corrected chi connectivity index (χ0v) is 7.72. The Balaban J connectivity index is 3.15. The topological polar surface area (TPSA) is 71.1 Å². The molecule has 0 aliphatic heterocycles. The highest BCUT2D eigenvalue weighted by molar-refractivity contribution is 5.98. The monoisotopic (exact) mass is 179 g/mol. The van der Waals surface area contributed by atoms with E-state index in [4.69, 9.17) is 15.9 Å². The average molecular weight is 179 g/mol. The number of anilines is 2. The summed E-state index contributed by atoms with van der Waals surface area (Å²) in [6, 6.07) is 5.30. The maximum atomic E-state index is 7.50. The van der Waals surface area contributed by atoms with Crippen molar-refractivity contribution in [1.29, 1.82) is 5.41 Å². The van der Waals surface area contributed by atoms with Crippen LogP contribution in [0.2, 0.25) is 0 Å². The molecule has 0 unspecified atom stereocenters. The third-order valence-corrected chi connectivity index (χ3v) is 1.76. The first kappa shape index (κ1) is 9.38. The minimum Gasteiger partial charge on any atom is -0.481 e. The molecule has 4 nitrogen and oxygen atoms in total. The van der Waals surface area contributed by atoms with Crippen molar-refractivity contribution in [3.8, 4) is 0 Å². The van der Waals surface area contributed by atoms with Gasteiger partial charge in [0.05, 0.1) is 12.7 Å². The van der Waals surface area contributed by atoms with Gasteiger partial charge < -0.3 is 15.8 Å². The summed E-state index contributed by atoms with van der Waals surface area (Å²) in [6.45, 7) is 0. The molecule has 1 aromatic carbocycles. The molecule has 0 heterocycles. The van der Waals surface area contributed by atoms with Crippen LogP contribution in [-0.2, 0) is 4.74 Å². The molecule has 0 saturated heterocycles. The fraction of sp³-hybridized carbons (Fsp3) is 0.222. The summed E-state index contributed by atoms with van der Waals surface area (Å²) in [5.41, 5.74) is 7.72. The lowest BCUT2D eigenvalue weighted by Crippen LogP contribution is -2.06. The summed E-state index contributed by atoms with van der Waals surface area (Å²) in [6.07, 6.45) is 0. The van der Waals surface area contributed by atoms with E-state index in [1.54, 1.807) is 19.2 Å².